The van der Waals surface area contributed by atoms with E-state index in [2.05, 4.69) is 5.32 Å². The van der Waals surface area contributed by atoms with Crippen molar-refractivity contribution >= 4 is 34.6 Å². The van der Waals surface area contributed by atoms with Crippen LogP contribution in [0.2, 0.25) is 0 Å². The standard InChI is InChI=1S/C18H15NO3S2/c20-17(15-8-4-10-23-15)19-14(13-6-2-1-3-7-13)12-22-18(21)16-9-5-11-24-16/h1-11,14H,12H2,(H,19,20)/t14-/m0/s1. The smallest absolute Gasteiger partial charge is 0.348 e. The SMILES string of the molecule is O=C(N[C@@H](COC(=O)c1cccs1)c1ccccc1)c1cccs1. The molecule has 2 heterocycles. The van der Waals surface area contributed by atoms with Crippen LogP contribution in [-0.2, 0) is 4.74 Å². The molecule has 4 nitrogen and oxygen atoms in total. The molecule has 1 aromatic carbocycles. The van der Waals surface area contributed by atoms with E-state index in [0.29, 0.717) is 9.75 Å². The molecule has 1 N–H and O–H groups in total. The number of rotatable bonds is 6. The molecule has 0 spiro atoms. The van der Waals surface area contributed by atoms with Gasteiger partial charge in [0.25, 0.3) is 5.91 Å². The minimum absolute atomic E-state index is 0.0812. The van der Waals surface area contributed by atoms with Gasteiger partial charge < -0.3 is 10.1 Å². The molecule has 24 heavy (non-hydrogen) atoms. The van der Waals surface area contributed by atoms with Gasteiger partial charge in [0.15, 0.2) is 0 Å². The molecule has 0 unspecified atom stereocenters. The molecular formula is C18H15NO3S2. The van der Waals surface area contributed by atoms with Crippen LogP contribution in [0.15, 0.2) is 65.4 Å². The second-order valence-corrected chi connectivity index (χ2v) is 6.89. The Hall–Kier alpha value is -2.44. The number of carbonyl (C=O) groups excluding carboxylic acids is 2. The summed E-state index contributed by atoms with van der Waals surface area (Å²) in [6.45, 7) is 0.0812. The summed E-state index contributed by atoms with van der Waals surface area (Å²) < 4.78 is 5.38. The summed E-state index contributed by atoms with van der Waals surface area (Å²) >= 11 is 2.70. The molecule has 2 aromatic heterocycles. The summed E-state index contributed by atoms with van der Waals surface area (Å²) in [6, 6.07) is 16.2. The van der Waals surface area contributed by atoms with Crippen LogP contribution in [0.25, 0.3) is 0 Å². The summed E-state index contributed by atoms with van der Waals surface area (Å²) in [5.74, 6) is -0.553. The predicted octanol–water partition coefficient (Wildman–Crippen LogP) is 4.14. The van der Waals surface area contributed by atoms with Crippen LogP contribution in [-0.4, -0.2) is 18.5 Å². The van der Waals surface area contributed by atoms with E-state index < -0.39 is 6.04 Å². The van der Waals surface area contributed by atoms with E-state index >= 15 is 0 Å². The van der Waals surface area contributed by atoms with Crippen LogP contribution in [0.1, 0.15) is 30.9 Å². The summed E-state index contributed by atoms with van der Waals surface area (Å²) in [4.78, 5) is 25.5. The zero-order chi connectivity index (χ0) is 16.8. The number of hydrogen-bond acceptors (Lipinski definition) is 5. The number of ether oxygens (including phenoxy) is 1. The van der Waals surface area contributed by atoms with E-state index in [9.17, 15) is 9.59 Å². The van der Waals surface area contributed by atoms with Crippen LogP contribution in [0.5, 0.6) is 0 Å². The Morgan fingerprint density at radius 3 is 2.21 bits per heavy atom. The van der Waals surface area contributed by atoms with E-state index in [1.807, 2.05) is 47.2 Å². The highest BCUT2D eigenvalue weighted by Crippen LogP contribution is 2.17. The summed E-state index contributed by atoms with van der Waals surface area (Å²) in [7, 11) is 0. The zero-order valence-electron chi connectivity index (χ0n) is 12.7. The molecule has 122 valence electrons. The first-order valence-corrected chi connectivity index (χ1v) is 9.10. The molecule has 0 saturated carbocycles. The molecule has 0 aliphatic heterocycles. The number of esters is 1. The fraction of sp³-hybridized carbons (Fsp3) is 0.111. The van der Waals surface area contributed by atoms with Gasteiger partial charge in [0.05, 0.1) is 10.9 Å². The first-order valence-electron chi connectivity index (χ1n) is 7.34. The van der Waals surface area contributed by atoms with Crippen LogP contribution in [0.3, 0.4) is 0 Å². The normalized spacial score (nSPS) is 11.7. The molecule has 3 rings (SSSR count). The van der Waals surface area contributed by atoms with Crippen LogP contribution in [0, 0.1) is 0 Å². The molecule has 0 saturated heterocycles. The Labute approximate surface area is 147 Å². The molecule has 1 amide bonds. The number of thiophene rings is 2. The largest absolute Gasteiger partial charge is 0.459 e. The lowest BCUT2D eigenvalue weighted by molar-refractivity contribution is 0.0461. The van der Waals surface area contributed by atoms with Crippen molar-refractivity contribution in [3.05, 3.63) is 80.7 Å². The second kappa shape index (κ2) is 7.90. The van der Waals surface area contributed by atoms with Crippen molar-refractivity contribution in [2.24, 2.45) is 0 Å². The number of carbonyl (C=O) groups is 2. The van der Waals surface area contributed by atoms with E-state index in [1.165, 1.54) is 22.7 Å². The fourth-order valence-electron chi connectivity index (χ4n) is 2.17. The molecule has 6 heteroatoms. The molecule has 0 aliphatic carbocycles. The highest BCUT2D eigenvalue weighted by atomic mass is 32.1. The lowest BCUT2D eigenvalue weighted by Crippen LogP contribution is -2.31. The maximum atomic E-state index is 12.3. The highest BCUT2D eigenvalue weighted by Gasteiger charge is 2.19. The number of amides is 1. The van der Waals surface area contributed by atoms with Gasteiger partial charge in [0.2, 0.25) is 0 Å². The zero-order valence-corrected chi connectivity index (χ0v) is 14.3. The Morgan fingerprint density at radius 2 is 1.58 bits per heavy atom. The van der Waals surface area contributed by atoms with Crippen molar-refractivity contribution in [2.75, 3.05) is 6.61 Å². The Kier molecular flexibility index (Phi) is 5.40. The lowest BCUT2D eigenvalue weighted by Gasteiger charge is -2.18. The Balaban J connectivity index is 1.70. The van der Waals surface area contributed by atoms with E-state index in [0.717, 1.165) is 5.56 Å². The van der Waals surface area contributed by atoms with Crippen molar-refractivity contribution in [3.63, 3.8) is 0 Å². The van der Waals surface area contributed by atoms with E-state index in [-0.39, 0.29) is 18.5 Å². The predicted molar refractivity (Wildman–Crippen MR) is 95.6 cm³/mol. The van der Waals surface area contributed by atoms with Gasteiger partial charge in [-0.1, -0.05) is 42.5 Å². The number of hydrogen-bond donors (Lipinski definition) is 1. The van der Waals surface area contributed by atoms with Gasteiger partial charge in [0.1, 0.15) is 11.5 Å². The third-order valence-electron chi connectivity index (χ3n) is 3.36. The Bertz CT molecular complexity index is 783. The van der Waals surface area contributed by atoms with Gasteiger partial charge in [-0.3, -0.25) is 4.79 Å². The fourth-order valence-corrected chi connectivity index (χ4v) is 3.41. The lowest BCUT2D eigenvalue weighted by atomic mass is 10.1. The molecule has 0 bridgehead atoms. The van der Waals surface area contributed by atoms with Gasteiger partial charge in [-0.05, 0) is 28.5 Å². The molecule has 0 aliphatic rings. The summed E-state index contributed by atoms with van der Waals surface area (Å²) in [6.07, 6.45) is 0. The average molecular weight is 357 g/mol. The molecule has 0 radical (unpaired) electrons. The van der Waals surface area contributed by atoms with E-state index in [4.69, 9.17) is 4.74 Å². The first kappa shape index (κ1) is 16.4. The third kappa shape index (κ3) is 4.10. The Morgan fingerprint density at radius 1 is 0.917 bits per heavy atom. The van der Waals surface area contributed by atoms with Crippen molar-refractivity contribution in [1.29, 1.82) is 0 Å². The summed E-state index contributed by atoms with van der Waals surface area (Å²) in [5.41, 5.74) is 0.890. The van der Waals surface area contributed by atoms with Gasteiger partial charge in [-0.2, -0.15) is 0 Å². The van der Waals surface area contributed by atoms with Gasteiger partial charge in [-0.15, -0.1) is 22.7 Å². The monoisotopic (exact) mass is 357 g/mol. The second-order valence-electron chi connectivity index (χ2n) is 4.99. The average Bonchev–Trinajstić information content (AvgIpc) is 3.32. The first-order chi connectivity index (χ1) is 11.7. The van der Waals surface area contributed by atoms with Crippen LogP contribution in [0.4, 0.5) is 0 Å². The topological polar surface area (TPSA) is 55.4 Å². The maximum Gasteiger partial charge on any atom is 0.348 e. The molecule has 0 fully saturated rings. The van der Waals surface area contributed by atoms with Gasteiger partial charge >= 0.3 is 5.97 Å². The number of benzene rings is 1. The van der Waals surface area contributed by atoms with Gasteiger partial charge in [-0.25, -0.2) is 4.79 Å². The van der Waals surface area contributed by atoms with Crippen molar-refractivity contribution in [2.45, 2.75) is 6.04 Å². The van der Waals surface area contributed by atoms with Crippen molar-refractivity contribution in [3.8, 4) is 0 Å². The summed E-state index contributed by atoms with van der Waals surface area (Å²) in [5, 5.41) is 6.61. The molecule has 1 atom stereocenters. The van der Waals surface area contributed by atoms with Gasteiger partial charge in [0, 0.05) is 0 Å². The third-order valence-corrected chi connectivity index (χ3v) is 5.07. The molecule has 3 aromatic rings. The highest BCUT2D eigenvalue weighted by molar-refractivity contribution is 7.12. The number of nitrogens with one attached hydrogen (secondary N) is 1. The minimum Gasteiger partial charge on any atom is -0.459 e. The minimum atomic E-state index is -0.398. The maximum absolute atomic E-state index is 12.3. The quantitative estimate of drug-likeness (QED) is 0.675. The van der Waals surface area contributed by atoms with Crippen LogP contribution < -0.4 is 5.32 Å². The van der Waals surface area contributed by atoms with E-state index in [1.54, 1.807) is 18.2 Å². The van der Waals surface area contributed by atoms with Crippen molar-refractivity contribution < 1.29 is 14.3 Å². The van der Waals surface area contributed by atoms with Crippen LogP contribution >= 0.6 is 22.7 Å². The molecular weight excluding hydrogens is 342 g/mol. The van der Waals surface area contributed by atoms with Crippen molar-refractivity contribution in [1.82, 2.24) is 5.32 Å².